The van der Waals surface area contributed by atoms with E-state index < -0.39 is 17.8 Å². The Labute approximate surface area is 298 Å². The molecule has 7 nitrogen and oxygen atoms in total. The maximum Gasteiger partial charge on any atom is 0.310 e. The molecule has 1 atom stereocenters. The molecule has 1 amide bonds. The maximum atomic E-state index is 15.3. The summed E-state index contributed by atoms with van der Waals surface area (Å²) in [5.41, 5.74) is 7.30. The Morgan fingerprint density at radius 3 is 2.00 bits per heavy atom. The third-order valence-electron chi connectivity index (χ3n) is 9.67. The van der Waals surface area contributed by atoms with Crippen LogP contribution in [0.15, 0.2) is 103 Å². The van der Waals surface area contributed by atoms with Crippen LogP contribution in [-0.4, -0.2) is 50.7 Å². The topological polar surface area (TPSA) is 100 Å². The summed E-state index contributed by atoms with van der Waals surface area (Å²) in [5, 5.41) is 9.32. The lowest BCUT2D eigenvalue weighted by molar-refractivity contribution is -0.154. The number of aromatic nitrogens is 2. The van der Waals surface area contributed by atoms with Gasteiger partial charge in [0, 0.05) is 60.1 Å². The fourth-order valence-electron chi connectivity index (χ4n) is 6.49. The van der Waals surface area contributed by atoms with Crippen molar-refractivity contribution in [3.05, 3.63) is 131 Å². The van der Waals surface area contributed by atoms with Crippen molar-refractivity contribution in [3.8, 4) is 33.6 Å². The molecule has 1 aliphatic rings. The highest BCUT2D eigenvalue weighted by Gasteiger charge is 2.38. The molecule has 1 N–H and O–H groups in total. The standard InChI is InChI=1S/C43H42FN3O4/c1-4-5-28-6-10-31(11-7-28)34-18-19-38(39(44)21-34)36-23-45-41(46-24-36)33-12-8-29(9-13-33)20-35(42(49)47-25-37(26-47)43(50)51)22-40(48)32-16-14-30(15-17-32)27(2)3/h6-19,21,23-24,27,35,37H,4-5,20,22,25-26H2,1-3H3,(H,50,51)/t35-/m1/s1. The Hall–Kier alpha value is -5.50. The van der Waals surface area contributed by atoms with E-state index >= 15 is 4.39 Å². The SMILES string of the molecule is CCCc1ccc(-c2ccc(-c3cnc(-c4ccc(C[C@H](CC(=O)c5ccc(C(C)C)cc5)C(=O)N5CC(C(=O)O)C5)cc4)nc3)c(F)c2)cc1. The van der Waals surface area contributed by atoms with Crippen molar-refractivity contribution in [2.24, 2.45) is 11.8 Å². The summed E-state index contributed by atoms with van der Waals surface area (Å²) in [6, 6.07) is 28.4. The van der Waals surface area contributed by atoms with Crippen LogP contribution in [0.3, 0.4) is 0 Å². The molecule has 2 heterocycles. The van der Waals surface area contributed by atoms with E-state index in [0.717, 1.165) is 40.7 Å². The Morgan fingerprint density at radius 1 is 0.804 bits per heavy atom. The first-order valence-electron chi connectivity index (χ1n) is 17.5. The van der Waals surface area contributed by atoms with Crippen molar-refractivity contribution >= 4 is 17.7 Å². The van der Waals surface area contributed by atoms with E-state index in [0.29, 0.717) is 34.9 Å². The summed E-state index contributed by atoms with van der Waals surface area (Å²) in [5.74, 6) is -2.02. The number of amides is 1. The number of ketones is 1. The predicted octanol–water partition coefficient (Wildman–Crippen LogP) is 8.67. The Bertz CT molecular complexity index is 2000. The number of aryl methyl sites for hydroxylation is 1. The summed E-state index contributed by atoms with van der Waals surface area (Å²) in [6.45, 7) is 6.62. The van der Waals surface area contributed by atoms with E-state index in [1.165, 1.54) is 16.5 Å². The highest BCUT2D eigenvalue weighted by molar-refractivity contribution is 5.99. The quantitative estimate of drug-likeness (QED) is 0.125. The number of hydrogen-bond donors (Lipinski definition) is 1. The molecular weight excluding hydrogens is 641 g/mol. The number of benzene rings is 4. The zero-order chi connectivity index (χ0) is 36.1. The second-order valence-electron chi connectivity index (χ2n) is 13.7. The van der Waals surface area contributed by atoms with Crippen molar-refractivity contribution in [3.63, 3.8) is 0 Å². The number of carbonyl (C=O) groups is 3. The maximum absolute atomic E-state index is 15.3. The van der Waals surface area contributed by atoms with Gasteiger partial charge in [0.05, 0.1) is 5.92 Å². The van der Waals surface area contributed by atoms with E-state index in [2.05, 4.69) is 42.9 Å². The van der Waals surface area contributed by atoms with Crippen LogP contribution in [0, 0.1) is 17.7 Å². The van der Waals surface area contributed by atoms with Crippen molar-refractivity contribution in [1.29, 1.82) is 0 Å². The highest BCUT2D eigenvalue weighted by atomic mass is 19.1. The van der Waals surface area contributed by atoms with E-state index in [1.807, 2.05) is 54.6 Å². The van der Waals surface area contributed by atoms with Gasteiger partial charge in [0.1, 0.15) is 5.82 Å². The van der Waals surface area contributed by atoms with Gasteiger partial charge in [-0.3, -0.25) is 14.4 Å². The number of carboxylic acids is 1. The number of carboxylic acid groups (broad SMARTS) is 1. The van der Waals surface area contributed by atoms with Gasteiger partial charge < -0.3 is 10.0 Å². The van der Waals surface area contributed by atoms with Crippen LogP contribution in [0.25, 0.3) is 33.6 Å². The summed E-state index contributed by atoms with van der Waals surface area (Å²) >= 11 is 0. The van der Waals surface area contributed by atoms with E-state index in [9.17, 15) is 19.5 Å². The molecule has 0 radical (unpaired) electrons. The molecule has 5 aromatic rings. The third kappa shape index (κ3) is 8.28. The van der Waals surface area contributed by atoms with Crippen LogP contribution in [0.2, 0.25) is 0 Å². The molecule has 0 saturated carbocycles. The molecule has 1 saturated heterocycles. The van der Waals surface area contributed by atoms with Crippen LogP contribution in [0.4, 0.5) is 4.39 Å². The van der Waals surface area contributed by atoms with Crippen molar-refractivity contribution in [1.82, 2.24) is 14.9 Å². The lowest BCUT2D eigenvalue weighted by Gasteiger charge is -2.38. The van der Waals surface area contributed by atoms with Crippen molar-refractivity contribution in [2.45, 2.75) is 52.4 Å². The Kier molecular flexibility index (Phi) is 10.8. The second kappa shape index (κ2) is 15.6. The molecule has 4 aromatic carbocycles. The zero-order valence-corrected chi connectivity index (χ0v) is 29.2. The molecule has 0 unspecified atom stereocenters. The molecule has 1 aromatic heterocycles. The average molecular weight is 684 g/mol. The number of rotatable bonds is 13. The highest BCUT2D eigenvalue weighted by Crippen LogP contribution is 2.30. The van der Waals surface area contributed by atoms with Crippen LogP contribution in [-0.2, 0) is 22.4 Å². The lowest BCUT2D eigenvalue weighted by Crippen LogP contribution is -2.55. The Morgan fingerprint density at radius 2 is 1.41 bits per heavy atom. The summed E-state index contributed by atoms with van der Waals surface area (Å²) in [7, 11) is 0. The fourth-order valence-corrected chi connectivity index (χ4v) is 6.49. The lowest BCUT2D eigenvalue weighted by atomic mass is 9.88. The van der Waals surface area contributed by atoms with Crippen molar-refractivity contribution in [2.75, 3.05) is 13.1 Å². The number of nitrogens with zero attached hydrogens (tertiary/aromatic N) is 3. The largest absolute Gasteiger partial charge is 0.481 e. The summed E-state index contributed by atoms with van der Waals surface area (Å²) in [4.78, 5) is 48.8. The molecule has 0 spiro atoms. The first-order chi connectivity index (χ1) is 24.6. The average Bonchev–Trinajstić information content (AvgIpc) is 3.11. The Balaban J connectivity index is 1.14. The predicted molar refractivity (Wildman–Crippen MR) is 197 cm³/mol. The fraction of sp³-hybridized carbons (Fsp3) is 0.279. The minimum Gasteiger partial charge on any atom is -0.481 e. The van der Waals surface area contributed by atoms with E-state index in [4.69, 9.17) is 0 Å². The van der Waals surface area contributed by atoms with Crippen LogP contribution < -0.4 is 0 Å². The molecule has 8 heteroatoms. The molecule has 0 bridgehead atoms. The van der Waals surface area contributed by atoms with Crippen LogP contribution >= 0.6 is 0 Å². The monoisotopic (exact) mass is 683 g/mol. The van der Waals surface area contributed by atoms with Gasteiger partial charge in [-0.25, -0.2) is 14.4 Å². The van der Waals surface area contributed by atoms with Crippen molar-refractivity contribution < 1.29 is 23.9 Å². The molecule has 0 aliphatic carbocycles. The zero-order valence-electron chi connectivity index (χ0n) is 29.2. The smallest absolute Gasteiger partial charge is 0.310 e. The number of carbonyl (C=O) groups excluding carboxylic acids is 2. The van der Waals surface area contributed by atoms with Crippen LogP contribution in [0.1, 0.15) is 66.6 Å². The summed E-state index contributed by atoms with van der Waals surface area (Å²) in [6.07, 6.45) is 5.65. The second-order valence-corrected chi connectivity index (χ2v) is 13.7. The minimum atomic E-state index is -0.922. The van der Waals surface area contributed by atoms with Gasteiger partial charge in [0.25, 0.3) is 0 Å². The number of halogens is 1. The normalized spacial score (nSPS) is 13.5. The van der Waals surface area contributed by atoms with Gasteiger partial charge in [-0.05, 0) is 52.6 Å². The third-order valence-corrected chi connectivity index (χ3v) is 9.67. The summed E-state index contributed by atoms with van der Waals surface area (Å²) < 4.78 is 15.3. The molecule has 1 fully saturated rings. The first kappa shape index (κ1) is 35.3. The van der Waals surface area contributed by atoms with Crippen LogP contribution in [0.5, 0.6) is 0 Å². The number of aliphatic carboxylic acids is 1. The first-order valence-corrected chi connectivity index (χ1v) is 17.5. The molecule has 51 heavy (non-hydrogen) atoms. The molecule has 260 valence electrons. The minimum absolute atomic E-state index is 0.0171. The van der Waals surface area contributed by atoms with Gasteiger partial charge in [0.15, 0.2) is 11.6 Å². The molecular formula is C43H42FN3O4. The number of hydrogen-bond acceptors (Lipinski definition) is 5. The van der Waals surface area contributed by atoms with Gasteiger partial charge in [0.2, 0.25) is 5.91 Å². The molecule has 1 aliphatic heterocycles. The number of Topliss-reactive ketones (excluding diaryl/α,β-unsaturated/α-hetero) is 1. The molecule has 6 rings (SSSR count). The van der Waals surface area contributed by atoms with Gasteiger partial charge in [-0.15, -0.1) is 0 Å². The van der Waals surface area contributed by atoms with Gasteiger partial charge in [-0.1, -0.05) is 112 Å². The van der Waals surface area contributed by atoms with E-state index in [1.54, 1.807) is 30.6 Å². The van der Waals surface area contributed by atoms with E-state index in [-0.39, 0.29) is 37.0 Å². The van der Waals surface area contributed by atoms with Gasteiger partial charge >= 0.3 is 5.97 Å². The number of likely N-dealkylation sites (tertiary alicyclic amines) is 1. The van der Waals surface area contributed by atoms with Gasteiger partial charge in [-0.2, -0.15) is 0 Å².